The molecule has 0 aromatic carbocycles. The van der Waals surface area contributed by atoms with E-state index in [0.717, 1.165) is 0 Å². The standard InChI is InChI=1S/C12H14O/c1-8(2)7-11-9-3-5-10(11)12(13)6-4-9/h3-10H,1-2H3/b11-7+. The zero-order chi connectivity index (χ0) is 9.42. The van der Waals surface area contributed by atoms with Crippen molar-refractivity contribution in [1.29, 1.82) is 0 Å². The van der Waals surface area contributed by atoms with Crippen molar-refractivity contribution in [2.45, 2.75) is 13.8 Å². The number of carbonyl (C=O) groups is 1. The van der Waals surface area contributed by atoms with Gasteiger partial charge in [-0.05, 0) is 17.6 Å². The van der Waals surface area contributed by atoms with Gasteiger partial charge in [-0.15, -0.1) is 0 Å². The highest BCUT2D eigenvalue weighted by Crippen LogP contribution is 2.36. The topological polar surface area (TPSA) is 17.1 Å². The summed E-state index contributed by atoms with van der Waals surface area (Å²) in [6.07, 6.45) is 10.1. The summed E-state index contributed by atoms with van der Waals surface area (Å²) in [6.45, 7) is 4.30. The van der Waals surface area contributed by atoms with Crippen LogP contribution >= 0.6 is 0 Å². The third-order valence-corrected chi connectivity index (χ3v) is 2.56. The molecule has 0 aliphatic heterocycles. The quantitative estimate of drug-likeness (QED) is 0.558. The van der Waals surface area contributed by atoms with Gasteiger partial charge in [0.05, 0.1) is 5.92 Å². The van der Waals surface area contributed by atoms with Gasteiger partial charge in [-0.25, -0.2) is 0 Å². The molecule has 2 aliphatic carbocycles. The highest BCUT2D eigenvalue weighted by Gasteiger charge is 2.31. The van der Waals surface area contributed by atoms with Gasteiger partial charge in [-0.2, -0.15) is 0 Å². The molecule has 2 rings (SSSR count). The molecule has 0 spiro atoms. The van der Waals surface area contributed by atoms with E-state index in [4.69, 9.17) is 0 Å². The summed E-state index contributed by atoms with van der Waals surface area (Å²) < 4.78 is 0. The molecule has 0 aromatic rings. The predicted octanol–water partition coefficient (Wildman–Crippen LogP) is 2.51. The summed E-state index contributed by atoms with van der Waals surface area (Å²) in [7, 11) is 0. The highest BCUT2D eigenvalue weighted by atomic mass is 16.1. The molecule has 0 N–H and O–H groups in total. The predicted molar refractivity (Wildman–Crippen MR) is 53.2 cm³/mol. The van der Waals surface area contributed by atoms with Crippen LogP contribution in [-0.2, 0) is 4.79 Å². The van der Waals surface area contributed by atoms with E-state index >= 15 is 0 Å². The number of fused-ring (bicyclic) bond motifs is 2. The average molecular weight is 174 g/mol. The van der Waals surface area contributed by atoms with E-state index in [1.807, 2.05) is 12.2 Å². The van der Waals surface area contributed by atoms with Gasteiger partial charge in [-0.1, -0.05) is 38.2 Å². The van der Waals surface area contributed by atoms with Gasteiger partial charge in [0.15, 0.2) is 5.78 Å². The summed E-state index contributed by atoms with van der Waals surface area (Å²) in [5, 5.41) is 0. The SMILES string of the molecule is CC(C)/C=C1\C2C=CC(=O)C1C=C2. The summed E-state index contributed by atoms with van der Waals surface area (Å²) in [6, 6.07) is 0. The lowest BCUT2D eigenvalue weighted by Crippen LogP contribution is -2.16. The zero-order valence-corrected chi connectivity index (χ0v) is 8.03. The Balaban J connectivity index is 2.35. The van der Waals surface area contributed by atoms with Crippen LogP contribution in [0.3, 0.4) is 0 Å². The van der Waals surface area contributed by atoms with Crippen molar-refractivity contribution in [2.75, 3.05) is 0 Å². The molecule has 68 valence electrons. The van der Waals surface area contributed by atoms with Crippen LogP contribution < -0.4 is 0 Å². The van der Waals surface area contributed by atoms with Crippen molar-refractivity contribution in [1.82, 2.24) is 0 Å². The lowest BCUT2D eigenvalue weighted by molar-refractivity contribution is -0.116. The van der Waals surface area contributed by atoms with Crippen LogP contribution in [0, 0.1) is 17.8 Å². The maximum Gasteiger partial charge on any atom is 0.166 e. The number of rotatable bonds is 1. The Morgan fingerprint density at radius 1 is 1.31 bits per heavy atom. The van der Waals surface area contributed by atoms with Crippen molar-refractivity contribution in [3.63, 3.8) is 0 Å². The molecule has 0 amide bonds. The molecular weight excluding hydrogens is 160 g/mol. The summed E-state index contributed by atoms with van der Waals surface area (Å²) in [4.78, 5) is 11.5. The Morgan fingerprint density at radius 2 is 2.08 bits per heavy atom. The lowest BCUT2D eigenvalue weighted by Gasteiger charge is -2.18. The zero-order valence-electron chi connectivity index (χ0n) is 8.03. The normalized spacial score (nSPS) is 33.8. The molecule has 0 radical (unpaired) electrons. The second-order valence-corrected chi connectivity index (χ2v) is 4.06. The molecule has 2 bridgehead atoms. The van der Waals surface area contributed by atoms with E-state index in [0.29, 0.717) is 11.8 Å². The van der Waals surface area contributed by atoms with Gasteiger partial charge in [0.25, 0.3) is 0 Å². The summed E-state index contributed by atoms with van der Waals surface area (Å²) >= 11 is 0. The summed E-state index contributed by atoms with van der Waals surface area (Å²) in [5.74, 6) is 1.21. The Kier molecular flexibility index (Phi) is 1.95. The third kappa shape index (κ3) is 1.39. The molecular formula is C12H14O. The summed E-state index contributed by atoms with van der Waals surface area (Å²) in [5.41, 5.74) is 1.28. The van der Waals surface area contributed by atoms with Crippen molar-refractivity contribution < 1.29 is 4.79 Å². The lowest BCUT2D eigenvalue weighted by atomic mass is 9.85. The Morgan fingerprint density at radius 3 is 2.77 bits per heavy atom. The average Bonchev–Trinajstić information content (AvgIpc) is 2.32. The van der Waals surface area contributed by atoms with Crippen molar-refractivity contribution in [3.8, 4) is 0 Å². The van der Waals surface area contributed by atoms with E-state index in [9.17, 15) is 4.79 Å². The Hall–Kier alpha value is -1.11. The Labute approximate surface area is 78.8 Å². The van der Waals surface area contributed by atoms with E-state index in [1.165, 1.54) is 5.57 Å². The number of allylic oxidation sites excluding steroid dienone is 6. The third-order valence-electron chi connectivity index (χ3n) is 2.56. The highest BCUT2D eigenvalue weighted by molar-refractivity contribution is 5.97. The van der Waals surface area contributed by atoms with Crippen LogP contribution in [0.2, 0.25) is 0 Å². The van der Waals surface area contributed by atoms with Gasteiger partial charge < -0.3 is 0 Å². The monoisotopic (exact) mass is 174 g/mol. The van der Waals surface area contributed by atoms with Crippen molar-refractivity contribution >= 4 is 5.78 Å². The second-order valence-electron chi connectivity index (χ2n) is 4.06. The van der Waals surface area contributed by atoms with Crippen LogP contribution in [-0.4, -0.2) is 5.78 Å². The maximum absolute atomic E-state index is 11.5. The molecule has 2 aliphatic rings. The molecule has 0 aromatic heterocycles. The fourth-order valence-electron chi connectivity index (χ4n) is 2.00. The molecule has 1 nitrogen and oxygen atoms in total. The number of hydrogen-bond donors (Lipinski definition) is 0. The van der Waals surface area contributed by atoms with E-state index < -0.39 is 0 Å². The van der Waals surface area contributed by atoms with E-state index in [1.54, 1.807) is 6.08 Å². The van der Waals surface area contributed by atoms with Gasteiger partial charge in [0, 0.05) is 5.92 Å². The number of hydrogen-bond acceptors (Lipinski definition) is 1. The van der Waals surface area contributed by atoms with Gasteiger partial charge in [-0.3, -0.25) is 4.79 Å². The first-order valence-electron chi connectivity index (χ1n) is 4.80. The molecule has 0 heterocycles. The first-order chi connectivity index (χ1) is 6.18. The first-order valence-corrected chi connectivity index (χ1v) is 4.80. The van der Waals surface area contributed by atoms with Gasteiger partial charge >= 0.3 is 0 Å². The smallest absolute Gasteiger partial charge is 0.166 e. The van der Waals surface area contributed by atoms with Crippen molar-refractivity contribution in [3.05, 3.63) is 36.0 Å². The molecule has 1 heteroatoms. The maximum atomic E-state index is 11.5. The minimum Gasteiger partial charge on any atom is -0.294 e. The number of carbonyl (C=O) groups excluding carboxylic acids is 1. The first kappa shape index (κ1) is 8.49. The van der Waals surface area contributed by atoms with Gasteiger partial charge in [0.1, 0.15) is 0 Å². The molecule has 2 atom stereocenters. The van der Waals surface area contributed by atoms with Crippen LogP contribution in [0.1, 0.15) is 13.8 Å². The Bertz CT molecular complexity index is 318. The van der Waals surface area contributed by atoms with Gasteiger partial charge in [0.2, 0.25) is 0 Å². The van der Waals surface area contributed by atoms with Crippen LogP contribution in [0.25, 0.3) is 0 Å². The van der Waals surface area contributed by atoms with Crippen LogP contribution in [0.5, 0.6) is 0 Å². The molecule has 0 saturated heterocycles. The fraction of sp³-hybridized carbons (Fsp3) is 0.417. The molecule has 2 unspecified atom stereocenters. The fourth-order valence-corrected chi connectivity index (χ4v) is 2.00. The van der Waals surface area contributed by atoms with Crippen LogP contribution in [0.4, 0.5) is 0 Å². The minimum atomic E-state index is 0.0531. The van der Waals surface area contributed by atoms with E-state index in [2.05, 4.69) is 26.0 Å². The molecule has 0 fully saturated rings. The van der Waals surface area contributed by atoms with Crippen LogP contribution in [0.15, 0.2) is 36.0 Å². The minimum absolute atomic E-state index is 0.0531. The van der Waals surface area contributed by atoms with E-state index in [-0.39, 0.29) is 11.7 Å². The number of ketones is 1. The second kappa shape index (κ2) is 2.99. The molecule has 0 saturated carbocycles. The van der Waals surface area contributed by atoms with Crippen molar-refractivity contribution in [2.24, 2.45) is 17.8 Å². The molecule has 13 heavy (non-hydrogen) atoms. The largest absolute Gasteiger partial charge is 0.294 e.